The average Bonchev–Trinajstić information content (AvgIpc) is 2.46. The van der Waals surface area contributed by atoms with Crippen LogP contribution in [0.1, 0.15) is 18.1 Å². The third-order valence-electron chi connectivity index (χ3n) is 3.09. The quantitative estimate of drug-likeness (QED) is 0.652. The van der Waals surface area contributed by atoms with Gasteiger partial charge in [-0.15, -0.1) is 0 Å². The summed E-state index contributed by atoms with van der Waals surface area (Å²) in [5.74, 6) is 1.50. The van der Waals surface area contributed by atoms with Gasteiger partial charge in [-0.05, 0) is 31.5 Å². The lowest BCUT2D eigenvalue weighted by Gasteiger charge is -2.11. The van der Waals surface area contributed by atoms with E-state index < -0.39 is 0 Å². The number of aliphatic imine (C=N–C) groups is 1. The molecule has 2 aromatic carbocycles. The molecule has 0 aliphatic carbocycles. The normalized spacial score (nSPS) is 13.0. The Morgan fingerprint density at radius 1 is 1.14 bits per heavy atom. The highest BCUT2D eigenvalue weighted by atomic mass is 16.5. The highest BCUT2D eigenvalue weighted by Crippen LogP contribution is 2.09. The molecule has 0 aromatic heterocycles. The predicted octanol–water partition coefficient (Wildman–Crippen LogP) is 3.36. The van der Waals surface area contributed by atoms with E-state index in [0.717, 1.165) is 5.75 Å². The monoisotopic (exact) mass is 282 g/mol. The molecule has 1 unspecified atom stereocenters. The van der Waals surface area contributed by atoms with Crippen LogP contribution in [-0.4, -0.2) is 18.5 Å². The van der Waals surface area contributed by atoms with E-state index in [1.165, 1.54) is 11.1 Å². The van der Waals surface area contributed by atoms with Gasteiger partial charge in [0.25, 0.3) is 0 Å². The SMILES string of the molecule is Cc1cccc(CC(N)=NC(C)COc2ccccc2)c1. The molecule has 2 rings (SSSR count). The molecule has 0 heterocycles. The summed E-state index contributed by atoms with van der Waals surface area (Å²) in [6.07, 6.45) is 0.678. The second kappa shape index (κ2) is 7.48. The highest BCUT2D eigenvalue weighted by Gasteiger charge is 2.03. The lowest BCUT2D eigenvalue weighted by Crippen LogP contribution is -2.21. The number of ether oxygens (including phenoxy) is 1. The molecule has 2 aromatic rings. The van der Waals surface area contributed by atoms with Crippen LogP contribution >= 0.6 is 0 Å². The molecule has 0 spiro atoms. The van der Waals surface area contributed by atoms with Gasteiger partial charge in [0.05, 0.1) is 11.9 Å². The number of hydrogen-bond acceptors (Lipinski definition) is 2. The zero-order valence-electron chi connectivity index (χ0n) is 12.6. The Kier molecular flexibility index (Phi) is 5.38. The Balaban J connectivity index is 1.86. The lowest BCUT2D eigenvalue weighted by molar-refractivity contribution is 0.297. The van der Waals surface area contributed by atoms with Gasteiger partial charge >= 0.3 is 0 Å². The third-order valence-corrected chi connectivity index (χ3v) is 3.09. The summed E-state index contributed by atoms with van der Waals surface area (Å²) >= 11 is 0. The first-order valence-electron chi connectivity index (χ1n) is 7.19. The third kappa shape index (κ3) is 5.30. The summed E-state index contributed by atoms with van der Waals surface area (Å²) in [4.78, 5) is 4.49. The first kappa shape index (κ1) is 15.1. The molecular weight excluding hydrogens is 260 g/mol. The van der Waals surface area contributed by atoms with E-state index >= 15 is 0 Å². The van der Waals surface area contributed by atoms with Crippen LogP contribution in [0.5, 0.6) is 5.75 Å². The number of benzene rings is 2. The van der Waals surface area contributed by atoms with Gasteiger partial charge in [0.2, 0.25) is 0 Å². The van der Waals surface area contributed by atoms with E-state index in [0.29, 0.717) is 18.9 Å². The fourth-order valence-corrected chi connectivity index (χ4v) is 2.13. The maximum absolute atomic E-state index is 6.02. The van der Waals surface area contributed by atoms with E-state index in [4.69, 9.17) is 10.5 Å². The molecule has 0 bridgehead atoms. The Labute approximate surface area is 126 Å². The number of amidine groups is 1. The Bertz CT molecular complexity index is 593. The van der Waals surface area contributed by atoms with Gasteiger partial charge in [0.1, 0.15) is 12.4 Å². The van der Waals surface area contributed by atoms with Gasteiger partial charge in [0, 0.05) is 6.42 Å². The van der Waals surface area contributed by atoms with Gasteiger partial charge in [-0.3, -0.25) is 4.99 Å². The predicted molar refractivity (Wildman–Crippen MR) is 87.9 cm³/mol. The molecule has 3 heteroatoms. The number of rotatable bonds is 6. The largest absolute Gasteiger partial charge is 0.491 e. The minimum Gasteiger partial charge on any atom is -0.491 e. The molecule has 21 heavy (non-hydrogen) atoms. The van der Waals surface area contributed by atoms with Crippen molar-refractivity contribution in [3.8, 4) is 5.75 Å². The Hall–Kier alpha value is -2.29. The van der Waals surface area contributed by atoms with Crippen molar-refractivity contribution in [1.82, 2.24) is 0 Å². The average molecular weight is 282 g/mol. The van der Waals surface area contributed by atoms with E-state index in [1.54, 1.807) is 0 Å². The van der Waals surface area contributed by atoms with E-state index in [2.05, 4.69) is 30.1 Å². The van der Waals surface area contributed by atoms with E-state index in [-0.39, 0.29) is 6.04 Å². The molecule has 0 aliphatic rings. The van der Waals surface area contributed by atoms with Gasteiger partial charge < -0.3 is 10.5 Å². The molecule has 2 N–H and O–H groups in total. The van der Waals surface area contributed by atoms with Gasteiger partial charge in [0.15, 0.2) is 0 Å². The first-order valence-corrected chi connectivity index (χ1v) is 7.19. The van der Waals surface area contributed by atoms with Crippen molar-refractivity contribution >= 4 is 5.84 Å². The molecule has 0 amide bonds. The smallest absolute Gasteiger partial charge is 0.119 e. The summed E-state index contributed by atoms with van der Waals surface area (Å²) in [5, 5.41) is 0. The minimum absolute atomic E-state index is 0.0371. The van der Waals surface area contributed by atoms with Crippen LogP contribution in [-0.2, 0) is 6.42 Å². The van der Waals surface area contributed by atoms with Crippen LogP contribution in [0.15, 0.2) is 59.6 Å². The van der Waals surface area contributed by atoms with Crippen molar-refractivity contribution in [2.75, 3.05) is 6.61 Å². The Morgan fingerprint density at radius 2 is 1.90 bits per heavy atom. The number of aryl methyl sites for hydroxylation is 1. The van der Waals surface area contributed by atoms with Crippen molar-refractivity contribution in [2.24, 2.45) is 10.7 Å². The molecule has 0 aliphatic heterocycles. The highest BCUT2D eigenvalue weighted by molar-refractivity contribution is 5.82. The van der Waals surface area contributed by atoms with E-state index in [1.807, 2.05) is 43.3 Å². The summed E-state index contributed by atoms with van der Waals surface area (Å²) in [5.41, 5.74) is 8.44. The van der Waals surface area contributed by atoms with Crippen molar-refractivity contribution in [3.63, 3.8) is 0 Å². The molecule has 110 valence electrons. The summed E-state index contributed by atoms with van der Waals surface area (Å²) in [6.45, 7) is 4.61. The number of nitrogens with two attached hydrogens (primary N) is 1. The standard InChI is InChI=1S/C18H22N2O/c1-14-7-6-8-16(11-14)12-18(19)20-15(2)13-21-17-9-4-3-5-10-17/h3-11,15H,12-13H2,1-2H3,(H2,19,20). The number of para-hydroxylation sites is 1. The summed E-state index contributed by atoms with van der Waals surface area (Å²) in [6, 6.07) is 18.1. The van der Waals surface area contributed by atoms with Crippen LogP contribution in [0.4, 0.5) is 0 Å². The maximum atomic E-state index is 6.02. The molecule has 1 atom stereocenters. The fraction of sp³-hybridized carbons (Fsp3) is 0.278. The van der Waals surface area contributed by atoms with Crippen molar-refractivity contribution in [3.05, 3.63) is 65.7 Å². The topological polar surface area (TPSA) is 47.6 Å². The Morgan fingerprint density at radius 3 is 2.62 bits per heavy atom. The second-order valence-corrected chi connectivity index (χ2v) is 5.26. The zero-order chi connectivity index (χ0) is 15.1. The van der Waals surface area contributed by atoms with Crippen molar-refractivity contribution in [1.29, 1.82) is 0 Å². The van der Waals surface area contributed by atoms with Crippen LogP contribution in [0.25, 0.3) is 0 Å². The van der Waals surface area contributed by atoms with Crippen molar-refractivity contribution < 1.29 is 4.74 Å². The molecule has 3 nitrogen and oxygen atoms in total. The molecule has 0 fully saturated rings. The van der Waals surface area contributed by atoms with E-state index in [9.17, 15) is 0 Å². The summed E-state index contributed by atoms with van der Waals surface area (Å²) in [7, 11) is 0. The molecular formula is C18H22N2O. The summed E-state index contributed by atoms with van der Waals surface area (Å²) < 4.78 is 5.68. The van der Waals surface area contributed by atoms with Gasteiger partial charge in [-0.2, -0.15) is 0 Å². The van der Waals surface area contributed by atoms with Crippen LogP contribution < -0.4 is 10.5 Å². The van der Waals surface area contributed by atoms with Gasteiger partial charge in [-0.1, -0.05) is 48.0 Å². The number of hydrogen-bond donors (Lipinski definition) is 1. The molecule has 0 saturated carbocycles. The zero-order valence-corrected chi connectivity index (χ0v) is 12.6. The van der Waals surface area contributed by atoms with Gasteiger partial charge in [-0.25, -0.2) is 0 Å². The molecule has 0 radical (unpaired) electrons. The van der Waals surface area contributed by atoms with Crippen molar-refractivity contribution in [2.45, 2.75) is 26.3 Å². The number of nitrogens with zero attached hydrogens (tertiary/aromatic N) is 1. The fourth-order valence-electron chi connectivity index (χ4n) is 2.13. The second-order valence-electron chi connectivity index (χ2n) is 5.26. The molecule has 0 saturated heterocycles. The lowest BCUT2D eigenvalue weighted by atomic mass is 10.1. The van der Waals surface area contributed by atoms with Crippen LogP contribution in [0, 0.1) is 6.92 Å². The first-order chi connectivity index (χ1) is 10.1. The maximum Gasteiger partial charge on any atom is 0.119 e. The van der Waals surface area contributed by atoms with Crippen LogP contribution in [0.2, 0.25) is 0 Å². The minimum atomic E-state index is 0.0371. The van der Waals surface area contributed by atoms with Crippen LogP contribution in [0.3, 0.4) is 0 Å².